The Morgan fingerprint density at radius 1 is 0.458 bits per heavy atom. The second-order valence-electron chi connectivity index (χ2n) is 12.0. The molecule has 0 aliphatic heterocycles. The summed E-state index contributed by atoms with van der Waals surface area (Å²) in [5, 5.41) is 15.0. The molecule has 0 saturated carbocycles. The molecule has 0 spiro atoms. The molecule has 0 bridgehead atoms. The third-order valence-electron chi connectivity index (χ3n) is 9.34. The molecule has 0 saturated heterocycles. The molecule has 48 heavy (non-hydrogen) atoms. The zero-order chi connectivity index (χ0) is 32.2. The summed E-state index contributed by atoms with van der Waals surface area (Å²) in [7, 11) is 0. The number of rotatable bonds is 4. The highest BCUT2D eigenvalue weighted by molar-refractivity contribution is 6.11. The van der Waals surface area contributed by atoms with Crippen LogP contribution in [0, 0.1) is 17.9 Å². The number of nitrogens with zero attached hydrogens (tertiary/aromatic N) is 4. The standard InChI is InChI=1S/C44H26N4/c1-46-33-20-22-44-40(26-33)38-15-7-10-18-43(38)48(44)35-24-31(29-11-3-2-4-12-29)23-32(25-35)39-27-34(21-19-30(39)28-45)47-41-16-8-5-13-36(41)37-14-6-9-17-42(37)47/h2-27H. The van der Waals surface area contributed by atoms with E-state index < -0.39 is 0 Å². The number of nitriles is 1. The van der Waals surface area contributed by atoms with Crippen molar-refractivity contribution in [3.8, 4) is 39.7 Å². The predicted octanol–water partition coefficient (Wildman–Crippen LogP) is 11.6. The van der Waals surface area contributed by atoms with Crippen LogP contribution in [0.2, 0.25) is 0 Å². The average molecular weight is 611 g/mol. The van der Waals surface area contributed by atoms with Crippen LogP contribution in [-0.2, 0) is 0 Å². The summed E-state index contributed by atoms with van der Waals surface area (Å²) in [5.41, 5.74) is 11.5. The van der Waals surface area contributed by atoms with E-state index >= 15 is 0 Å². The molecule has 0 fully saturated rings. The maximum atomic E-state index is 10.4. The van der Waals surface area contributed by atoms with Crippen molar-refractivity contribution < 1.29 is 0 Å². The topological polar surface area (TPSA) is 38.0 Å². The van der Waals surface area contributed by atoms with E-state index in [0.717, 1.165) is 66.5 Å². The lowest BCUT2D eigenvalue weighted by molar-refractivity contribution is 1.17. The fourth-order valence-electron chi connectivity index (χ4n) is 7.21. The van der Waals surface area contributed by atoms with Gasteiger partial charge < -0.3 is 9.13 Å². The van der Waals surface area contributed by atoms with E-state index in [0.29, 0.717) is 11.3 Å². The highest BCUT2D eigenvalue weighted by Crippen LogP contribution is 2.39. The molecular formula is C44H26N4. The van der Waals surface area contributed by atoms with E-state index in [1.165, 1.54) is 10.8 Å². The summed E-state index contributed by atoms with van der Waals surface area (Å²) < 4.78 is 4.57. The van der Waals surface area contributed by atoms with Gasteiger partial charge in [0.1, 0.15) is 0 Å². The molecule has 9 rings (SSSR count). The smallest absolute Gasteiger partial charge is 0.188 e. The minimum atomic E-state index is 0.611. The van der Waals surface area contributed by atoms with E-state index in [1.54, 1.807) is 0 Å². The van der Waals surface area contributed by atoms with Crippen molar-refractivity contribution in [2.24, 2.45) is 0 Å². The second-order valence-corrected chi connectivity index (χ2v) is 12.0. The average Bonchev–Trinajstić information content (AvgIpc) is 3.67. The first kappa shape index (κ1) is 27.4. The van der Waals surface area contributed by atoms with Crippen molar-refractivity contribution in [3.63, 3.8) is 0 Å². The van der Waals surface area contributed by atoms with Gasteiger partial charge in [-0.1, -0.05) is 91.0 Å². The molecule has 9 aromatic rings. The molecule has 0 N–H and O–H groups in total. The first-order chi connectivity index (χ1) is 23.7. The maximum Gasteiger partial charge on any atom is 0.188 e. The molecule has 0 radical (unpaired) electrons. The molecule has 7 aromatic carbocycles. The zero-order valence-electron chi connectivity index (χ0n) is 25.8. The highest BCUT2D eigenvalue weighted by atomic mass is 15.0. The van der Waals surface area contributed by atoms with E-state index in [4.69, 9.17) is 6.57 Å². The SMILES string of the molecule is [C-]#[N+]c1ccc2c(c1)c1ccccc1n2-c1cc(-c2ccccc2)cc(-c2cc(-n3c4ccccc4c4ccccc43)ccc2C#N)c1. The van der Waals surface area contributed by atoms with E-state index in [1.807, 2.05) is 42.5 Å². The minimum Gasteiger partial charge on any atom is -0.309 e. The lowest BCUT2D eigenvalue weighted by atomic mass is 9.94. The van der Waals surface area contributed by atoms with Crippen LogP contribution >= 0.6 is 0 Å². The Morgan fingerprint density at radius 2 is 1.02 bits per heavy atom. The number of hydrogen-bond acceptors (Lipinski definition) is 1. The van der Waals surface area contributed by atoms with Crippen molar-refractivity contribution >= 4 is 49.3 Å². The fraction of sp³-hybridized carbons (Fsp3) is 0. The first-order valence-corrected chi connectivity index (χ1v) is 15.9. The van der Waals surface area contributed by atoms with Crippen molar-refractivity contribution in [3.05, 3.63) is 175 Å². The Hall–Kier alpha value is -6.88. The third kappa shape index (κ3) is 4.22. The molecule has 4 heteroatoms. The summed E-state index contributed by atoms with van der Waals surface area (Å²) >= 11 is 0. The lowest BCUT2D eigenvalue weighted by Gasteiger charge is -2.16. The van der Waals surface area contributed by atoms with Gasteiger partial charge in [-0.25, -0.2) is 4.85 Å². The van der Waals surface area contributed by atoms with Gasteiger partial charge in [0, 0.05) is 33.1 Å². The summed E-state index contributed by atoms with van der Waals surface area (Å²) in [6, 6.07) is 56.8. The third-order valence-corrected chi connectivity index (χ3v) is 9.34. The molecule has 222 valence electrons. The number of aromatic nitrogens is 2. The van der Waals surface area contributed by atoms with Crippen LogP contribution in [-0.4, -0.2) is 9.13 Å². The van der Waals surface area contributed by atoms with Crippen molar-refractivity contribution in [1.29, 1.82) is 5.26 Å². The molecule has 2 heterocycles. The van der Waals surface area contributed by atoms with Crippen LogP contribution in [0.4, 0.5) is 5.69 Å². The number of hydrogen-bond donors (Lipinski definition) is 0. The number of para-hydroxylation sites is 3. The van der Waals surface area contributed by atoms with Crippen LogP contribution in [0.1, 0.15) is 5.56 Å². The van der Waals surface area contributed by atoms with Gasteiger partial charge in [0.05, 0.1) is 40.3 Å². The predicted molar refractivity (Wildman–Crippen MR) is 197 cm³/mol. The highest BCUT2D eigenvalue weighted by Gasteiger charge is 2.18. The number of benzene rings is 7. The van der Waals surface area contributed by atoms with E-state index in [2.05, 4.69) is 135 Å². The van der Waals surface area contributed by atoms with Gasteiger partial charge in [0.2, 0.25) is 0 Å². The van der Waals surface area contributed by atoms with Gasteiger partial charge in [-0.3, -0.25) is 0 Å². The molecule has 2 aromatic heterocycles. The monoisotopic (exact) mass is 610 g/mol. The van der Waals surface area contributed by atoms with Crippen molar-refractivity contribution in [2.45, 2.75) is 0 Å². The van der Waals surface area contributed by atoms with Gasteiger partial charge in [-0.2, -0.15) is 5.26 Å². The molecule has 0 amide bonds. The van der Waals surface area contributed by atoms with Crippen LogP contribution in [0.5, 0.6) is 0 Å². The van der Waals surface area contributed by atoms with Crippen LogP contribution in [0.25, 0.3) is 82.1 Å². The summed E-state index contributed by atoms with van der Waals surface area (Å²) in [5.74, 6) is 0. The van der Waals surface area contributed by atoms with Gasteiger partial charge >= 0.3 is 0 Å². The molecule has 4 nitrogen and oxygen atoms in total. The first-order valence-electron chi connectivity index (χ1n) is 15.9. The molecule has 0 unspecified atom stereocenters. The molecule has 0 aliphatic rings. The second kappa shape index (κ2) is 10.9. The summed E-state index contributed by atoms with van der Waals surface area (Å²) in [4.78, 5) is 3.71. The largest absolute Gasteiger partial charge is 0.309 e. The van der Waals surface area contributed by atoms with Gasteiger partial charge in [0.25, 0.3) is 0 Å². The van der Waals surface area contributed by atoms with E-state index in [-0.39, 0.29) is 0 Å². The van der Waals surface area contributed by atoms with Crippen LogP contribution in [0.15, 0.2) is 158 Å². The minimum absolute atomic E-state index is 0.611. The zero-order valence-corrected chi connectivity index (χ0v) is 25.8. The quantitative estimate of drug-likeness (QED) is 0.183. The maximum absolute atomic E-state index is 10.4. The van der Waals surface area contributed by atoms with Crippen LogP contribution in [0.3, 0.4) is 0 Å². The summed E-state index contributed by atoms with van der Waals surface area (Å²) in [6.45, 7) is 7.63. The van der Waals surface area contributed by atoms with Gasteiger partial charge in [0.15, 0.2) is 5.69 Å². The van der Waals surface area contributed by atoms with Crippen LogP contribution < -0.4 is 0 Å². The Bertz CT molecular complexity index is 2750. The Morgan fingerprint density at radius 3 is 1.67 bits per heavy atom. The fourth-order valence-corrected chi connectivity index (χ4v) is 7.21. The molecular weight excluding hydrogens is 585 g/mol. The number of fused-ring (bicyclic) bond motifs is 6. The molecule has 0 atom stereocenters. The Kier molecular flexibility index (Phi) is 6.22. The Balaban J connectivity index is 1.34. The molecule has 0 aliphatic carbocycles. The van der Waals surface area contributed by atoms with Crippen molar-refractivity contribution in [2.75, 3.05) is 0 Å². The van der Waals surface area contributed by atoms with Gasteiger partial charge in [-0.15, -0.1) is 0 Å². The van der Waals surface area contributed by atoms with E-state index in [9.17, 15) is 5.26 Å². The normalized spacial score (nSPS) is 11.3. The van der Waals surface area contributed by atoms with Gasteiger partial charge in [-0.05, 0) is 88.8 Å². The lowest BCUT2D eigenvalue weighted by Crippen LogP contribution is -1.98. The Labute approximate surface area is 277 Å². The van der Waals surface area contributed by atoms with Crippen molar-refractivity contribution in [1.82, 2.24) is 9.13 Å². The summed E-state index contributed by atoms with van der Waals surface area (Å²) in [6.07, 6.45) is 0.